The Morgan fingerprint density at radius 1 is 0.950 bits per heavy atom. The molecule has 0 aliphatic rings. The minimum Gasteiger partial charge on any atom is -0.355 e. The van der Waals surface area contributed by atoms with Crippen molar-refractivity contribution < 1.29 is 26.8 Å². The van der Waals surface area contributed by atoms with Crippen molar-refractivity contribution in [3.05, 3.63) is 101 Å². The quantitative estimate of drug-likeness (QED) is 0.305. The number of carbonyl (C=O) groups excluding carboxylic acids is 2. The fourth-order valence-electron chi connectivity index (χ4n) is 4.28. The van der Waals surface area contributed by atoms with Gasteiger partial charge in [-0.3, -0.25) is 13.9 Å². The highest BCUT2D eigenvalue weighted by molar-refractivity contribution is 7.92. The Morgan fingerprint density at radius 2 is 1.62 bits per heavy atom. The summed E-state index contributed by atoms with van der Waals surface area (Å²) in [7, 11) is -3.85. The van der Waals surface area contributed by atoms with Crippen LogP contribution in [0.2, 0.25) is 5.02 Å². The number of nitrogens with one attached hydrogen (secondary N) is 1. The third kappa shape index (κ3) is 8.76. The van der Waals surface area contributed by atoms with Crippen LogP contribution >= 0.6 is 11.6 Å². The van der Waals surface area contributed by atoms with E-state index in [9.17, 15) is 26.8 Å². The Bertz CT molecular complexity index is 1410. The number of anilines is 1. The Labute approximate surface area is 238 Å². The van der Waals surface area contributed by atoms with Gasteiger partial charge in [-0.1, -0.05) is 54.1 Å². The van der Waals surface area contributed by atoms with Crippen LogP contribution in [-0.4, -0.2) is 50.5 Å². The molecule has 0 aromatic heterocycles. The van der Waals surface area contributed by atoms with Gasteiger partial charge in [0.15, 0.2) is 11.6 Å². The van der Waals surface area contributed by atoms with Crippen molar-refractivity contribution in [3.63, 3.8) is 0 Å². The van der Waals surface area contributed by atoms with Crippen molar-refractivity contribution in [3.8, 4) is 0 Å². The molecule has 0 aliphatic carbocycles. The fourth-order valence-corrected chi connectivity index (χ4v) is 5.36. The number of sulfonamides is 1. The average molecular weight is 592 g/mol. The highest BCUT2D eigenvalue weighted by Gasteiger charge is 2.30. The fraction of sp³-hybridized carbons (Fsp3) is 0.310. The Balaban J connectivity index is 1.86. The Kier molecular flexibility index (Phi) is 11.0. The molecule has 3 aromatic carbocycles. The van der Waals surface area contributed by atoms with Crippen LogP contribution in [0, 0.1) is 11.6 Å². The number of carbonyl (C=O) groups is 2. The van der Waals surface area contributed by atoms with E-state index in [1.165, 1.54) is 11.0 Å². The van der Waals surface area contributed by atoms with E-state index in [1.54, 1.807) is 31.2 Å². The monoisotopic (exact) mass is 591 g/mol. The maximum atomic E-state index is 13.8. The zero-order chi connectivity index (χ0) is 29.3. The van der Waals surface area contributed by atoms with Crippen LogP contribution in [-0.2, 0) is 32.6 Å². The summed E-state index contributed by atoms with van der Waals surface area (Å²) >= 11 is 6.03. The van der Waals surface area contributed by atoms with Crippen LogP contribution in [0.3, 0.4) is 0 Å². The van der Waals surface area contributed by atoms with E-state index in [1.807, 2.05) is 30.3 Å². The third-order valence-electron chi connectivity index (χ3n) is 6.23. The van der Waals surface area contributed by atoms with E-state index < -0.39 is 27.7 Å². The number of nitrogens with zero attached hydrogens (tertiary/aromatic N) is 2. The second kappa shape index (κ2) is 14.2. The van der Waals surface area contributed by atoms with Gasteiger partial charge in [0.2, 0.25) is 21.8 Å². The largest absolute Gasteiger partial charge is 0.355 e. The molecule has 3 rings (SSSR count). The van der Waals surface area contributed by atoms with Crippen LogP contribution in [0.1, 0.15) is 30.9 Å². The number of rotatable bonds is 13. The van der Waals surface area contributed by atoms with E-state index in [0.29, 0.717) is 11.6 Å². The lowest BCUT2D eigenvalue weighted by Crippen LogP contribution is -2.50. The predicted molar refractivity (Wildman–Crippen MR) is 152 cm³/mol. The van der Waals surface area contributed by atoms with Gasteiger partial charge in [-0.2, -0.15) is 0 Å². The molecule has 0 saturated heterocycles. The molecule has 0 heterocycles. The summed E-state index contributed by atoms with van der Waals surface area (Å²) in [6.07, 6.45) is 1.22. The molecule has 11 heteroatoms. The molecule has 0 fully saturated rings. The molecule has 0 aliphatic heterocycles. The maximum Gasteiger partial charge on any atom is 0.243 e. The normalized spacial score (nSPS) is 12.0. The number of halogens is 3. The lowest BCUT2D eigenvalue weighted by Gasteiger charge is -2.32. The Morgan fingerprint density at radius 3 is 2.23 bits per heavy atom. The molecule has 1 N–H and O–H groups in total. The average Bonchev–Trinajstić information content (AvgIpc) is 2.91. The van der Waals surface area contributed by atoms with Gasteiger partial charge in [-0.05, 0) is 48.7 Å². The van der Waals surface area contributed by atoms with Crippen molar-refractivity contribution in [2.75, 3.05) is 23.7 Å². The first-order chi connectivity index (χ1) is 19.0. The minimum absolute atomic E-state index is 0.0452. The highest BCUT2D eigenvalue weighted by atomic mass is 35.5. The number of amides is 2. The summed E-state index contributed by atoms with van der Waals surface area (Å²) in [6.45, 7) is 2.16. The molecule has 0 radical (unpaired) electrons. The summed E-state index contributed by atoms with van der Waals surface area (Å²) in [5.74, 6) is -2.95. The molecule has 2 amide bonds. The van der Waals surface area contributed by atoms with Crippen molar-refractivity contribution in [1.82, 2.24) is 10.2 Å². The summed E-state index contributed by atoms with van der Waals surface area (Å²) in [5.41, 5.74) is 1.59. The van der Waals surface area contributed by atoms with Crippen molar-refractivity contribution in [2.24, 2.45) is 0 Å². The van der Waals surface area contributed by atoms with Crippen LogP contribution in [0.25, 0.3) is 0 Å². The van der Waals surface area contributed by atoms with Gasteiger partial charge in [0.1, 0.15) is 6.04 Å². The van der Waals surface area contributed by atoms with E-state index in [-0.39, 0.29) is 49.9 Å². The SMILES string of the molecule is CCNC(=O)[C@H](Cc1ccccc1)N(Cc1ccc(Cl)cc1)C(=O)CCCN(c1ccc(F)c(F)c1)S(C)(=O)=O. The molecule has 40 heavy (non-hydrogen) atoms. The molecular weight excluding hydrogens is 560 g/mol. The molecule has 214 valence electrons. The lowest BCUT2D eigenvalue weighted by atomic mass is 10.0. The molecule has 0 unspecified atom stereocenters. The zero-order valence-electron chi connectivity index (χ0n) is 22.3. The first kappa shape index (κ1) is 31.0. The summed E-state index contributed by atoms with van der Waals surface area (Å²) in [5, 5.41) is 3.35. The van der Waals surface area contributed by atoms with Gasteiger partial charge in [-0.15, -0.1) is 0 Å². The van der Waals surface area contributed by atoms with Crippen molar-refractivity contribution in [2.45, 2.75) is 38.8 Å². The van der Waals surface area contributed by atoms with E-state index in [0.717, 1.165) is 33.8 Å². The second-order valence-corrected chi connectivity index (χ2v) is 11.6. The lowest BCUT2D eigenvalue weighted by molar-refractivity contribution is -0.141. The van der Waals surface area contributed by atoms with E-state index >= 15 is 0 Å². The second-order valence-electron chi connectivity index (χ2n) is 9.29. The molecule has 1 atom stereocenters. The third-order valence-corrected chi connectivity index (χ3v) is 7.68. The van der Waals surface area contributed by atoms with E-state index in [2.05, 4.69) is 5.32 Å². The topological polar surface area (TPSA) is 86.8 Å². The standard InChI is InChI=1S/C29H32ClF2N3O4S/c1-3-33-29(37)27(18-21-8-5-4-6-9-21)34(20-22-11-13-23(30)14-12-22)28(36)10-7-17-35(40(2,38)39)24-15-16-25(31)26(32)19-24/h4-6,8-9,11-16,19,27H,3,7,10,17-18,20H2,1-2H3,(H,33,37)/t27-/m0/s1. The highest BCUT2D eigenvalue weighted by Crippen LogP contribution is 2.22. The number of likely N-dealkylation sites (N-methyl/N-ethyl adjacent to an activating group) is 1. The summed E-state index contributed by atoms with van der Waals surface area (Å²) < 4.78 is 53.0. The van der Waals surface area contributed by atoms with Crippen molar-refractivity contribution in [1.29, 1.82) is 0 Å². The molecular formula is C29H32ClF2N3O4S. The van der Waals surface area contributed by atoms with Crippen LogP contribution in [0.15, 0.2) is 72.8 Å². The van der Waals surface area contributed by atoms with Gasteiger partial charge >= 0.3 is 0 Å². The van der Waals surface area contributed by atoms with Crippen LogP contribution in [0.5, 0.6) is 0 Å². The zero-order valence-corrected chi connectivity index (χ0v) is 23.9. The minimum atomic E-state index is -3.85. The van der Waals surface area contributed by atoms with Crippen LogP contribution in [0.4, 0.5) is 14.5 Å². The van der Waals surface area contributed by atoms with Crippen LogP contribution < -0.4 is 9.62 Å². The molecule has 0 saturated carbocycles. The smallest absolute Gasteiger partial charge is 0.243 e. The van der Waals surface area contributed by atoms with Gasteiger partial charge in [-0.25, -0.2) is 17.2 Å². The summed E-state index contributed by atoms with van der Waals surface area (Å²) in [4.78, 5) is 28.4. The molecule has 7 nitrogen and oxygen atoms in total. The van der Waals surface area contributed by atoms with E-state index in [4.69, 9.17) is 11.6 Å². The van der Waals surface area contributed by atoms with Gasteiger partial charge in [0.25, 0.3) is 0 Å². The predicted octanol–water partition coefficient (Wildman–Crippen LogP) is 4.94. The Hall–Kier alpha value is -3.50. The molecule has 0 spiro atoms. The molecule has 3 aromatic rings. The number of benzene rings is 3. The van der Waals surface area contributed by atoms with Gasteiger partial charge in [0, 0.05) is 43.6 Å². The van der Waals surface area contributed by atoms with Crippen molar-refractivity contribution >= 4 is 39.1 Å². The summed E-state index contributed by atoms with van der Waals surface area (Å²) in [6, 6.07) is 18.3. The molecule has 0 bridgehead atoms. The van der Waals surface area contributed by atoms with Gasteiger partial charge < -0.3 is 10.2 Å². The maximum absolute atomic E-state index is 13.8. The van der Waals surface area contributed by atoms with Gasteiger partial charge in [0.05, 0.1) is 11.9 Å². The number of hydrogen-bond donors (Lipinski definition) is 1. The first-order valence-electron chi connectivity index (χ1n) is 12.8. The first-order valence-corrected chi connectivity index (χ1v) is 15.0. The number of hydrogen-bond acceptors (Lipinski definition) is 4.